The van der Waals surface area contributed by atoms with Crippen molar-refractivity contribution in [3.63, 3.8) is 0 Å². The molecule has 1 aliphatic heterocycles. The average molecular weight is 540 g/mol. The molecular weight excluding hydrogens is 505 g/mol. The number of halogens is 1. The smallest absolute Gasteiger partial charge is 0.123 e. The van der Waals surface area contributed by atoms with E-state index >= 15 is 0 Å². The lowest BCUT2D eigenvalue weighted by molar-refractivity contribution is 0.371. The highest BCUT2D eigenvalue weighted by Crippen LogP contribution is 2.44. The fourth-order valence-electron chi connectivity index (χ4n) is 5.78. The summed E-state index contributed by atoms with van der Waals surface area (Å²) in [6.45, 7) is 2.20. The molecule has 1 saturated heterocycles. The number of thiocarbonyl (C=S) groups is 1. The zero-order valence-corrected chi connectivity index (χ0v) is 22.9. The minimum Gasteiger partial charge on any atom is -0.508 e. The SMILES string of the molecule is C[C@H](CCC[C@@H]1CC(=S)N(c2ccccc2)[C@H](c2ccc(-c3cccc(O)c3)cc2O)C1)c1ccc(F)cc1. The van der Waals surface area contributed by atoms with Crippen molar-refractivity contribution in [1.29, 1.82) is 0 Å². The monoisotopic (exact) mass is 539 g/mol. The van der Waals surface area contributed by atoms with Gasteiger partial charge in [-0.2, -0.15) is 0 Å². The zero-order valence-electron chi connectivity index (χ0n) is 22.1. The Labute approximate surface area is 235 Å². The molecule has 0 saturated carbocycles. The van der Waals surface area contributed by atoms with Gasteiger partial charge in [0.1, 0.15) is 17.3 Å². The van der Waals surface area contributed by atoms with Gasteiger partial charge in [0.05, 0.1) is 11.0 Å². The second-order valence-corrected chi connectivity index (χ2v) is 11.1. The van der Waals surface area contributed by atoms with Crippen LogP contribution in [0.15, 0.2) is 97.1 Å². The van der Waals surface area contributed by atoms with E-state index < -0.39 is 0 Å². The van der Waals surface area contributed by atoms with Gasteiger partial charge in [0, 0.05) is 17.7 Å². The van der Waals surface area contributed by atoms with Crippen LogP contribution in [0.2, 0.25) is 0 Å². The molecule has 2 N–H and O–H groups in total. The third-order valence-electron chi connectivity index (χ3n) is 7.89. The van der Waals surface area contributed by atoms with Gasteiger partial charge in [-0.3, -0.25) is 0 Å². The number of benzene rings is 4. The molecule has 0 amide bonds. The number of phenolic OH excluding ortho intramolecular Hbond substituents is 2. The first-order chi connectivity index (χ1) is 18.9. The standard InChI is InChI=1S/C34H34FNO2S/c1-23(25-13-16-28(35)17-14-25)7-5-8-24-19-32(36(34(39)20-24)29-10-3-2-4-11-29)31-18-15-27(22-33(31)38)26-9-6-12-30(37)21-26/h2-4,6,9-18,21-24,32,37-38H,5,7-8,19-20H2,1H3/t23-,24+,32+/m1/s1. The van der Waals surface area contributed by atoms with Gasteiger partial charge < -0.3 is 15.1 Å². The molecule has 3 atom stereocenters. The Morgan fingerprint density at radius 3 is 2.36 bits per heavy atom. The van der Waals surface area contributed by atoms with Crippen molar-refractivity contribution < 1.29 is 14.6 Å². The molecule has 1 heterocycles. The van der Waals surface area contributed by atoms with Crippen LogP contribution in [-0.4, -0.2) is 15.2 Å². The molecule has 200 valence electrons. The highest BCUT2D eigenvalue weighted by molar-refractivity contribution is 7.80. The van der Waals surface area contributed by atoms with Crippen LogP contribution in [0.3, 0.4) is 0 Å². The number of rotatable bonds is 8. The molecule has 5 heteroatoms. The van der Waals surface area contributed by atoms with Gasteiger partial charge in [0.25, 0.3) is 0 Å². The Balaban J connectivity index is 1.36. The van der Waals surface area contributed by atoms with Crippen LogP contribution < -0.4 is 4.90 Å². The maximum Gasteiger partial charge on any atom is 0.123 e. The number of para-hydroxylation sites is 1. The van der Waals surface area contributed by atoms with Crippen LogP contribution in [0.4, 0.5) is 10.1 Å². The molecule has 0 spiro atoms. The molecule has 0 radical (unpaired) electrons. The number of anilines is 1. The van der Waals surface area contributed by atoms with Crippen molar-refractivity contribution in [2.24, 2.45) is 5.92 Å². The zero-order chi connectivity index (χ0) is 27.4. The van der Waals surface area contributed by atoms with E-state index in [0.29, 0.717) is 11.8 Å². The van der Waals surface area contributed by atoms with Crippen molar-refractivity contribution >= 4 is 22.9 Å². The predicted octanol–water partition coefficient (Wildman–Crippen LogP) is 9.16. The summed E-state index contributed by atoms with van der Waals surface area (Å²) < 4.78 is 13.3. The molecule has 4 aromatic rings. The summed E-state index contributed by atoms with van der Waals surface area (Å²) in [5, 5.41) is 21.2. The molecule has 0 unspecified atom stereocenters. The largest absolute Gasteiger partial charge is 0.508 e. The molecule has 1 aliphatic rings. The first kappa shape index (κ1) is 26.9. The topological polar surface area (TPSA) is 43.7 Å². The fraction of sp³-hybridized carbons (Fsp3) is 0.265. The van der Waals surface area contributed by atoms with Gasteiger partial charge in [0.15, 0.2) is 0 Å². The summed E-state index contributed by atoms with van der Waals surface area (Å²) in [5.41, 5.74) is 4.76. The lowest BCUT2D eigenvalue weighted by Gasteiger charge is -2.42. The number of aromatic hydroxyl groups is 2. The summed E-state index contributed by atoms with van der Waals surface area (Å²) in [6.07, 6.45) is 4.87. The minimum atomic E-state index is -0.200. The maximum atomic E-state index is 13.3. The predicted molar refractivity (Wildman–Crippen MR) is 161 cm³/mol. The highest BCUT2D eigenvalue weighted by Gasteiger charge is 2.34. The number of phenols is 2. The van der Waals surface area contributed by atoms with Crippen LogP contribution in [0, 0.1) is 11.7 Å². The summed E-state index contributed by atoms with van der Waals surface area (Å²) in [6, 6.07) is 29.8. The quantitative estimate of drug-likeness (QED) is 0.219. The van der Waals surface area contributed by atoms with E-state index in [2.05, 4.69) is 24.0 Å². The number of piperidine rings is 1. The third-order valence-corrected chi connectivity index (χ3v) is 8.26. The van der Waals surface area contributed by atoms with Crippen LogP contribution in [-0.2, 0) is 0 Å². The molecule has 0 aliphatic carbocycles. The molecule has 1 fully saturated rings. The van der Waals surface area contributed by atoms with Crippen molar-refractivity contribution in [3.05, 3.63) is 114 Å². The molecule has 3 nitrogen and oxygen atoms in total. The Kier molecular flexibility index (Phi) is 8.27. The molecular formula is C34H34FNO2S. The maximum absolute atomic E-state index is 13.3. The van der Waals surface area contributed by atoms with Crippen molar-refractivity contribution in [3.8, 4) is 22.6 Å². The number of hydrogen-bond donors (Lipinski definition) is 2. The second-order valence-electron chi connectivity index (χ2n) is 10.6. The second kappa shape index (κ2) is 12.0. The van der Waals surface area contributed by atoms with Crippen LogP contribution in [0.1, 0.15) is 62.1 Å². The lowest BCUT2D eigenvalue weighted by Crippen LogP contribution is -2.40. The lowest BCUT2D eigenvalue weighted by atomic mass is 9.82. The van der Waals surface area contributed by atoms with Crippen molar-refractivity contribution in [2.75, 3.05) is 4.90 Å². The van der Waals surface area contributed by atoms with Gasteiger partial charge in [-0.25, -0.2) is 4.39 Å². The van der Waals surface area contributed by atoms with Crippen molar-refractivity contribution in [2.45, 2.75) is 51.0 Å². The Hall–Kier alpha value is -3.70. The minimum absolute atomic E-state index is 0.0774. The van der Waals surface area contributed by atoms with Crippen LogP contribution in [0.25, 0.3) is 11.1 Å². The molecule has 39 heavy (non-hydrogen) atoms. The summed E-state index contributed by atoms with van der Waals surface area (Å²) >= 11 is 5.99. The average Bonchev–Trinajstić information content (AvgIpc) is 2.93. The molecule has 0 bridgehead atoms. The first-order valence-corrected chi connectivity index (χ1v) is 14.0. The van der Waals surface area contributed by atoms with E-state index in [1.54, 1.807) is 24.3 Å². The van der Waals surface area contributed by atoms with Crippen LogP contribution >= 0.6 is 12.2 Å². The Morgan fingerprint density at radius 1 is 0.897 bits per heavy atom. The molecule has 4 aromatic carbocycles. The van der Waals surface area contributed by atoms with E-state index in [1.165, 1.54) is 17.7 Å². The van der Waals surface area contributed by atoms with Gasteiger partial charge in [-0.15, -0.1) is 0 Å². The number of nitrogens with zero attached hydrogens (tertiary/aromatic N) is 1. The van der Waals surface area contributed by atoms with Crippen molar-refractivity contribution in [1.82, 2.24) is 0 Å². The molecule has 0 aromatic heterocycles. The number of hydrogen-bond acceptors (Lipinski definition) is 3. The summed E-state index contributed by atoms with van der Waals surface area (Å²) in [4.78, 5) is 3.10. The van der Waals surface area contributed by atoms with E-state index in [4.69, 9.17) is 12.2 Å². The molecule has 5 rings (SSSR count). The summed E-state index contributed by atoms with van der Waals surface area (Å²) in [5.74, 6) is 1.00. The summed E-state index contributed by atoms with van der Waals surface area (Å²) in [7, 11) is 0. The van der Waals surface area contributed by atoms with E-state index in [1.807, 2.05) is 48.5 Å². The van der Waals surface area contributed by atoms with E-state index in [-0.39, 0.29) is 23.4 Å². The van der Waals surface area contributed by atoms with Gasteiger partial charge in [-0.05, 0) is 90.3 Å². The highest BCUT2D eigenvalue weighted by atomic mass is 32.1. The first-order valence-electron chi connectivity index (χ1n) is 13.6. The Bertz CT molecular complexity index is 1420. The third kappa shape index (κ3) is 6.31. The van der Waals surface area contributed by atoms with E-state index in [9.17, 15) is 14.6 Å². The normalized spacial score (nSPS) is 18.2. The van der Waals surface area contributed by atoms with Gasteiger partial charge in [-0.1, -0.05) is 80.2 Å². The van der Waals surface area contributed by atoms with Crippen LogP contribution in [0.5, 0.6) is 11.5 Å². The van der Waals surface area contributed by atoms with E-state index in [0.717, 1.165) is 59.5 Å². The van der Waals surface area contributed by atoms with Gasteiger partial charge in [0.2, 0.25) is 0 Å². The Morgan fingerprint density at radius 2 is 1.64 bits per heavy atom. The van der Waals surface area contributed by atoms with Gasteiger partial charge >= 0.3 is 0 Å². The fourth-order valence-corrected chi connectivity index (χ4v) is 6.25.